The van der Waals surface area contributed by atoms with Crippen LogP contribution in [0.25, 0.3) is 0 Å². The van der Waals surface area contributed by atoms with E-state index in [0.29, 0.717) is 25.4 Å². The number of sulfone groups is 1. The Balaban J connectivity index is 1.67. The molecule has 102 valence electrons. The Hall–Kier alpha value is -0.620. The lowest BCUT2D eigenvalue weighted by molar-refractivity contribution is -0.126. The first kappa shape index (κ1) is 12.4. The van der Waals surface area contributed by atoms with Gasteiger partial charge in [0.1, 0.15) is 0 Å². The van der Waals surface area contributed by atoms with Crippen LogP contribution in [0.3, 0.4) is 0 Å². The molecule has 0 unspecified atom stereocenters. The highest BCUT2D eigenvalue weighted by molar-refractivity contribution is 7.92. The number of amides is 1. The zero-order valence-corrected chi connectivity index (χ0v) is 11.2. The third-order valence-electron chi connectivity index (χ3n) is 4.49. The molecule has 2 saturated heterocycles. The van der Waals surface area contributed by atoms with Gasteiger partial charge in [0, 0.05) is 31.5 Å². The predicted octanol–water partition coefficient (Wildman–Crippen LogP) is -0.465. The van der Waals surface area contributed by atoms with Crippen molar-refractivity contribution in [2.75, 3.05) is 25.4 Å². The van der Waals surface area contributed by atoms with Crippen molar-refractivity contribution in [1.82, 2.24) is 10.6 Å². The molecule has 2 aliphatic heterocycles. The fourth-order valence-electron chi connectivity index (χ4n) is 3.15. The van der Waals surface area contributed by atoms with Crippen molar-refractivity contribution < 1.29 is 13.2 Å². The van der Waals surface area contributed by atoms with E-state index in [2.05, 4.69) is 10.6 Å². The lowest BCUT2D eigenvalue weighted by Crippen LogP contribution is -2.47. The molecule has 2 N–H and O–H groups in total. The first-order valence-corrected chi connectivity index (χ1v) is 8.49. The Morgan fingerprint density at radius 1 is 1.22 bits per heavy atom. The largest absolute Gasteiger partial charge is 0.356 e. The van der Waals surface area contributed by atoms with E-state index in [-0.39, 0.29) is 28.7 Å². The van der Waals surface area contributed by atoms with Crippen molar-refractivity contribution in [3.8, 4) is 0 Å². The standard InChI is InChI=1S/C12H20N2O3S/c15-12(14-5-8-1-2-8)9-3-4-18(16,17)11-7-13-6-10(9)11/h8-11,13H,1-7H2,(H,14,15)/t9-,10+,11+/m1/s1. The van der Waals surface area contributed by atoms with Crippen LogP contribution in [0.1, 0.15) is 19.3 Å². The number of carbonyl (C=O) groups is 1. The van der Waals surface area contributed by atoms with Gasteiger partial charge in [0.25, 0.3) is 0 Å². The maximum Gasteiger partial charge on any atom is 0.223 e. The zero-order valence-electron chi connectivity index (χ0n) is 10.4. The molecule has 3 aliphatic rings. The van der Waals surface area contributed by atoms with E-state index in [1.54, 1.807) is 0 Å². The second-order valence-corrected chi connectivity index (χ2v) is 8.15. The molecule has 1 amide bonds. The third kappa shape index (κ3) is 2.28. The number of hydrogen-bond donors (Lipinski definition) is 2. The highest BCUT2D eigenvalue weighted by Gasteiger charge is 2.47. The molecule has 6 heteroatoms. The van der Waals surface area contributed by atoms with Gasteiger partial charge >= 0.3 is 0 Å². The second-order valence-electron chi connectivity index (χ2n) is 5.81. The second kappa shape index (κ2) is 4.49. The number of fused-ring (bicyclic) bond motifs is 1. The summed E-state index contributed by atoms with van der Waals surface area (Å²) in [6.07, 6.45) is 2.92. The van der Waals surface area contributed by atoms with E-state index >= 15 is 0 Å². The Labute approximate surface area is 108 Å². The molecule has 18 heavy (non-hydrogen) atoms. The first-order chi connectivity index (χ1) is 8.58. The number of rotatable bonds is 3. The SMILES string of the molecule is O=C(NCC1CC1)[C@@H]1CCS(=O)(=O)[C@H]2CNC[C@@H]12. The molecule has 0 radical (unpaired) electrons. The lowest BCUT2D eigenvalue weighted by atomic mass is 9.87. The van der Waals surface area contributed by atoms with E-state index in [4.69, 9.17) is 0 Å². The highest BCUT2D eigenvalue weighted by Crippen LogP contribution is 2.34. The number of carbonyl (C=O) groups excluding carboxylic acids is 1. The van der Waals surface area contributed by atoms with Crippen LogP contribution in [0.2, 0.25) is 0 Å². The lowest BCUT2D eigenvalue weighted by Gasteiger charge is -2.31. The predicted molar refractivity (Wildman–Crippen MR) is 67.8 cm³/mol. The number of hydrogen-bond acceptors (Lipinski definition) is 4. The summed E-state index contributed by atoms with van der Waals surface area (Å²) in [6.45, 7) is 1.94. The van der Waals surface area contributed by atoms with Crippen LogP contribution in [-0.2, 0) is 14.6 Å². The quantitative estimate of drug-likeness (QED) is 0.729. The van der Waals surface area contributed by atoms with Crippen LogP contribution < -0.4 is 10.6 Å². The minimum Gasteiger partial charge on any atom is -0.356 e. The van der Waals surface area contributed by atoms with E-state index in [1.807, 2.05) is 0 Å². The van der Waals surface area contributed by atoms with Gasteiger partial charge in [-0.05, 0) is 25.2 Å². The molecule has 0 spiro atoms. The van der Waals surface area contributed by atoms with Gasteiger partial charge in [-0.2, -0.15) is 0 Å². The van der Waals surface area contributed by atoms with Crippen LogP contribution in [0.15, 0.2) is 0 Å². The molecule has 3 rings (SSSR count). The Morgan fingerprint density at radius 3 is 2.72 bits per heavy atom. The topological polar surface area (TPSA) is 75.3 Å². The molecule has 1 aliphatic carbocycles. The normalized spacial score (nSPS) is 38.1. The minimum absolute atomic E-state index is 0.0250. The molecule has 2 heterocycles. The summed E-state index contributed by atoms with van der Waals surface area (Å²) < 4.78 is 23.9. The summed E-state index contributed by atoms with van der Waals surface area (Å²) in [6, 6.07) is 0. The van der Waals surface area contributed by atoms with Gasteiger partial charge in [-0.1, -0.05) is 0 Å². The maximum atomic E-state index is 12.2. The fourth-order valence-corrected chi connectivity index (χ4v) is 5.23. The fraction of sp³-hybridized carbons (Fsp3) is 0.917. The van der Waals surface area contributed by atoms with E-state index < -0.39 is 9.84 Å². The van der Waals surface area contributed by atoms with Crippen LogP contribution in [0, 0.1) is 17.8 Å². The van der Waals surface area contributed by atoms with E-state index in [0.717, 1.165) is 6.54 Å². The van der Waals surface area contributed by atoms with Crippen LogP contribution in [0.5, 0.6) is 0 Å². The Kier molecular flexibility index (Phi) is 3.10. The van der Waals surface area contributed by atoms with Crippen molar-refractivity contribution in [3.63, 3.8) is 0 Å². The monoisotopic (exact) mass is 272 g/mol. The van der Waals surface area contributed by atoms with Gasteiger partial charge < -0.3 is 10.6 Å². The summed E-state index contributed by atoms with van der Waals surface area (Å²) in [5, 5.41) is 5.77. The molecular weight excluding hydrogens is 252 g/mol. The van der Waals surface area contributed by atoms with Gasteiger partial charge in [-0.3, -0.25) is 4.79 Å². The molecule has 0 bridgehead atoms. The van der Waals surface area contributed by atoms with Gasteiger partial charge in [-0.25, -0.2) is 8.42 Å². The molecular formula is C12H20N2O3S. The highest BCUT2D eigenvalue weighted by atomic mass is 32.2. The molecule has 0 aromatic rings. The van der Waals surface area contributed by atoms with Crippen LogP contribution in [-0.4, -0.2) is 45.0 Å². The Morgan fingerprint density at radius 2 is 2.00 bits per heavy atom. The van der Waals surface area contributed by atoms with E-state index in [9.17, 15) is 13.2 Å². The van der Waals surface area contributed by atoms with Crippen molar-refractivity contribution in [1.29, 1.82) is 0 Å². The average molecular weight is 272 g/mol. The third-order valence-corrected chi connectivity index (χ3v) is 6.74. The van der Waals surface area contributed by atoms with Crippen molar-refractivity contribution >= 4 is 15.7 Å². The molecule has 0 aromatic carbocycles. The summed E-state index contributed by atoms with van der Waals surface area (Å²) in [5.74, 6) is 0.752. The van der Waals surface area contributed by atoms with Gasteiger partial charge in [0.15, 0.2) is 9.84 Å². The zero-order chi connectivity index (χ0) is 12.8. The summed E-state index contributed by atoms with van der Waals surface area (Å²) in [7, 11) is -2.99. The number of nitrogens with one attached hydrogen (secondary N) is 2. The Bertz CT molecular complexity index is 444. The first-order valence-electron chi connectivity index (χ1n) is 6.78. The van der Waals surface area contributed by atoms with Gasteiger partial charge in [0.05, 0.1) is 11.0 Å². The maximum absolute atomic E-state index is 12.2. The van der Waals surface area contributed by atoms with Crippen LogP contribution >= 0.6 is 0 Å². The molecule has 5 nitrogen and oxygen atoms in total. The van der Waals surface area contributed by atoms with Crippen molar-refractivity contribution in [3.05, 3.63) is 0 Å². The molecule has 1 saturated carbocycles. The van der Waals surface area contributed by atoms with Crippen molar-refractivity contribution in [2.45, 2.75) is 24.5 Å². The molecule has 3 atom stereocenters. The smallest absolute Gasteiger partial charge is 0.223 e. The van der Waals surface area contributed by atoms with Gasteiger partial charge in [-0.15, -0.1) is 0 Å². The minimum atomic E-state index is -2.99. The molecule has 0 aromatic heterocycles. The molecule has 3 fully saturated rings. The average Bonchev–Trinajstić information content (AvgIpc) is 3.01. The van der Waals surface area contributed by atoms with Crippen LogP contribution in [0.4, 0.5) is 0 Å². The van der Waals surface area contributed by atoms with Crippen molar-refractivity contribution in [2.24, 2.45) is 17.8 Å². The van der Waals surface area contributed by atoms with Gasteiger partial charge in [0.2, 0.25) is 5.91 Å². The summed E-state index contributed by atoms with van der Waals surface area (Å²) >= 11 is 0. The summed E-state index contributed by atoms with van der Waals surface area (Å²) in [5.41, 5.74) is 0. The van der Waals surface area contributed by atoms with E-state index in [1.165, 1.54) is 12.8 Å². The summed E-state index contributed by atoms with van der Waals surface area (Å²) in [4.78, 5) is 12.2.